The number of hydrogen-bond donors (Lipinski definition) is 0. The number of rotatable bonds is 0. The molecule has 0 unspecified atom stereocenters. The molecule has 0 radical (unpaired) electrons. The van der Waals surface area contributed by atoms with Gasteiger partial charge in [-0.15, -0.1) is 0 Å². The standard InChI is InChI=1S/C9H14O2/c1-8-6-4-2-3-5-7-11-9(8)10/h1-7H2. The molecule has 0 N–H and O–H groups in total. The van der Waals surface area contributed by atoms with E-state index in [0.717, 1.165) is 19.3 Å². The molecule has 0 amide bonds. The van der Waals surface area contributed by atoms with Crippen LogP contribution >= 0.6 is 0 Å². The molecule has 1 rings (SSSR count). The van der Waals surface area contributed by atoms with Crippen molar-refractivity contribution >= 4 is 5.97 Å². The second kappa shape index (κ2) is 4.16. The topological polar surface area (TPSA) is 26.3 Å². The van der Waals surface area contributed by atoms with Crippen LogP contribution in [0.4, 0.5) is 0 Å². The Labute approximate surface area is 67.2 Å². The minimum atomic E-state index is -0.202. The summed E-state index contributed by atoms with van der Waals surface area (Å²) in [5.74, 6) is -0.202. The lowest BCUT2D eigenvalue weighted by Crippen LogP contribution is -2.06. The average Bonchev–Trinajstić information content (AvgIpc) is 2.07. The molecule has 1 heterocycles. The van der Waals surface area contributed by atoms with Crippen LogP contribution in [0.5, 0.6) is 0 Å². The fourth-order valence-corrected chi connectivity index (χ4v) is 1.16. The van der Waals surface area contributed by atoms with Crippen molar-refractivity contribution in [2.24, 2.45) is 0 Å². The Morgan fingerprint density at radius 3 is 2.73 bits per heavy atom. The number of carbonyl (C=O) groups is 1. The summed E-state index contributed by atoms with van der Waals surface area (Å²) in [6.07, 6.45) is 5.24. The Morgan fingerprint density at radius 2 is 1.91 bits per heavy atom. The fourth-order valence-electron chi connectivity index (χ4n) is 1.16. The van der Waals surface area contributed by atoms with E-state index in [1.807, 2.05) is 0 Å². The molecule has 0 aliphatic carbocycles. The fraction of sp³-hybridized carbons (Fsp3) is 0.667. The first-order chi connectivity index (χ1) is 5.30. The first-order valence-corrected chi connectivity index (χ1v) is 4.15. The molecular formula is C9H14O2. The summed E-state index contributed by atoms with van der Waals surface area (Å²) in [4.78, 5) is 11.0. The molecule has 1 aliphatic heterocycles. The van der Waals surface area contributed by atoms with E-state index in [2.05, 4.69) is 6.58 Å². The van der Waals surface area contributed by atoms with Gasteiger partial charge in [0.25, 0.3) is 0 Å². The Kier molecular flexibility index (Phi) is 3.14. The lowest BCUT2D eigenvalue weighted by Gasteiger charge is -2.02. The van der Waals surface area contributed by atoms with Gasteiger partial charge in [-0.3, -0.25) is 0 Å². The van der Waals surface area contributed by atoms with Crippen LogP contribution < -0.4 is 0 Å². The molecule has 0 aromatic carbocycles. The van der Waals surface area contributed by atoms with Crippen molar-refractivity contribution in [2.45, 2.75) is 32.1 Å². The van der Waals surface area contributed by atoms with Gasteiger partial charge in [0.15, 0.2) is 0 Å². The van der Waals surface area contributed by atoms with Crippen molar-refractivity contribution < 1.29 is 9.53 Å². The van der Waals surface area contributed by atoms with Gasteiger partial charge in [-0.25, -0.2) is 4.79 Å². The summed E-state index contributed by atoms with van der Waals surface area (Å²) in [6, 6.07) is 0. The second-order valence-corrected chi connectivity index (χ2v) is 2.90. The summed E-state index contributed by atoms with van der Waals surface area (Å²) >= 11 is 0. The van der Waals surface area contributed by atoms with Crippen molar-refractivity contribution in [3.8, 4) is 0 Å². The van der Waals surface area contributed by atoms with Gasteiger partial charge < -0.3 is 4.74 Å². The molecule has 2 nitrogen and oxygen atoms in total. The summed E-state index contributed by atoms with van der Waals surface area (Å²) in [6.45, 7) is 4.23. The maximum Gasteiger partial charge on any atom is 0.333 e. The lowest BCUT2D eigenvalue weighted by atomic mass is 10.1. The van der Waals surface area contributed by atoms with Gasteiger partial charge in [0, 0.05) is 5.57 Å². The van der Waals surface area contributed by atoms with Crippen molar-refractivity contribution in [3.63, 3.8) is 0 Å². The smallest absolute Gasteiger partial charge is 0.333 e. The zero-order valence-electron chi connectivity index (χ0n) is 6.77. The van der Waals surface area contributed by atoms with E-state index >= 15 is 0 Å². The zero-order valence-corrected chi connectivity index (χ0v) is 6.77. The molecule has 0 spiro atoms. The molecule has 1 aliphatic rings. The quantitative estimate of drug-likeness (QED) is 0.394. The molecule has 2 heteroatoms. The summed E-state index contributed by atoms with van der Waals surface area (Å²) < 4.78 is 4.94. The van der Waals surface area contributed by atoms with E-state index in [1.165, 1.54) is 12.8 Å². The lowest BCUT2D eigenvalue weighted by molar-refractivity contribution is -0.139. The van der Waals surface area contributed by atoms with Crippen LogP contribution in [0, 0.1) is 0 Å². The number of cyclic esters (lactones) is 1. The molecular weight excluding hydrogens is 140 g/mol. The maximum atomic E-state index is 11.0. The maximum absolute atomic E-state index is 11.0. The molecule has 0 atom stereocenters. The molecule has 1 saturated heterocycles. The molecule has 0 aromatic rings. The number of hydrogen-bond acceptors (Lipinski definition) is 2. The van der Waals surface area contributed by atoms with Crippen LogP contribution in [0.25, 0.3) is 0 Å². The monoisotopic (exact) mass is 154 g/mol. The van der Waals surface area contributed by atoms with E-state index in [-0.39, 0.29) is 5.97 Å². The number of carbonyl (C=O) groups excluding carboxylic acids is 1. The van der Waals surface area contributed by atoms with Crippen LogP contribution in [0.1, 0.15) is 32.1 Å². The first kappa shape index (κ1) is 8.31. The minimum absolute atomic E-state index is 0.202. The summed E-state index contributed by atoms with van der Waals surface area (Å²) in [5, 5.41) is 0. The van der Waals surface area contributed by atoms with Gasteiger partial charge in [-0.2, -0.15) is 0 Å². The SMILES string of the molecule is C=C1CCCCCCOC1=O. The minimum Gasteiger partial charge on any atom is -0.462 e. The van der Waals surface area contributed by atoms with Crippen LogP contribution in [0.2, 0.25) is 0 Å². The van der Waals surface area contributed by atoms with Gasteiger partial charge in [-0.05, 0) is 19.3 Å². The van der Waals surface area contributed by atoms with Crippen molar-refractivity contribution in [1.29, 1.82) is 0 Å². The van der Waals surface area contributed by atoms with Crippen molar-refractivity contribution in [1.82, 2.24) is 0 Å². The number of esters is 1. The number of ether oxygens (including phenoxy) is 1. The highest BCUT2D eigenvalue weighted by atomic mass is 16.5. The molecule has 0 bridgehead atoms. The predicted octanol–water partition coefficient (Wildman–Crippen LogP) is 2.05. The van der Waals surface area contributed by atoms with E-state index in [1.54, 1.807) is 0 Å². The predicted molar refractivity (Wildman–Crippen MR) is 43.2 cm³/mol. The van der Waals surface area contributed by atoms with Gasteiger partial charge in [0.05, 0.1) is 6.61 Å². The molecule has 0 saturated carbocycles. The summed E-state index contributed by atoms with van der Waals surface area (Å²) in [7, 11) is 0. The van der Waals surface area contributed by atoms with Gasteiger partial charge in [0.2, 0.25) is 0 Å². The normalized spacial score (nSPS) is 21.5. The first-order valence-electron chi connectivity index (χ1n) is 4.15. The Bertz CT molecular complexity index is 143. The molecule has 62 valence electrons. The van der Waals surface area contributed by atoms with E-state index in [9.17, 15) is 4.79 Å². The summed E-state index contributed by atoms with van der Waals surface area (Å²) in [5.41, 5.74) is 0.631. The van der Waals surface area contributed by atoms with Gasteiger partial charge in [0.1, 0.15) is 0 Å². The van der Waals surface area contributed by atoms with Crippen molar-refractivity contribution in [3.05, 3.63) is 12.2 Å². The van der Waals surface area contributed by atoms with Crippen LogP contribution in [0.3, 0.4) is 0 Å². The van der Waals surface area contributed by atoms with Crippen LogP contribution in [-0.2, 0) is 9.53 Å². The average molecular weight is 154 g/mol. The van der Waals surface area contributed by atoms with E-state index in [0.29, 0.717) is 12.2 Å². The Morgan fingerprint density at radius 1 is 1.18 bits per heavy atom. The van der Waals surface area contributed by atoms with Crippen LogP contribution in [0.15, 0.2) is 12.2 Å². The highest BCUT2D eigenvalue weighted by molar-refractivity contribution is 5.87. The molecule has 1 fully saturated rings. The van der Waals surface area contributed by atoms with Crippen molar-refractivity contribution in [2.75, 3.05) is 6.61 Å². The van der Waals surface area contributed by atoms with E-state index < -0.39 is 0 Å². The van der Waals surface area contributed by atoms with Crippen LogP contribution in [-0.4, -0.2) is 12.6 Å². The second-order valence-electron chi connectivity index (χ2n) is 2.90. The Hall–Kier alpha value is -0.790. The molecule has 11 heavy (non-hydrogen) atoms. The third-order valence-corrected chi connectivity index (χ3v) is 1.89. The third kappa shape index (κ3) is 2.74. The Balaban J connectivity index is 2.42. The third-order valence-electron chi connectivity index (χ3n) is 1.89. The van der Waals surface area contributed by atoms with Gasteiger partial charge >= 0.3 is 5.97 Å². The largest absolute Gasteiger partial charge is 0.462 e. The zero-order chi connectivity index (χ0) is 8.10. The highest BCUT2D eigenvalue weighted by Crippen LogP contribution is 2.12. The molecule has 0 aromatic heterocycles. The van der Waals surface area contributed by atoms with Gasteiger partial charge in [-0.1, -0.05) is 19.4 Å². The van der Waals surface area contributed by atoms with E-state index in [4.69, 9.17) is 4.74 Å². The highest BCUT2D eigenvalue weighted by Gasteiger charge is 2.09.